The normalized spacial score (nSPS) is 11.3. The van der Waals surface area contributed by atoms with Crippen LogP contribution in [0.3, 0.4) is 0 Å². The molecule has 7 aromatic rings. The summed E-state index contributed by atoms with van der Waals surface area (Å²) >= 11 is 0. The number of anilines is 6. The Bertz CT molecular complexity index is 1970. The van der Waals surface area contributed by atoms with E-state index in [0.717, 1.165) is 34.1 Å². The lowest BCUT2D eigenvalue weighted by atomic mass is 10.3. The molecule has 7 rings (SSSR count). The third-order valence-corrected chi connectivity index (χ3v) is 7.12. The van der Waals surface area contributed by atoms with Crippen molar-refractivity contribution in [2.24, 2.45) is 30.7 Å². The van der Waals surface area contributed by atoms with Crippen LogP contribution in [0.1, 0.15) is 0 Å². The van der Waals surface area contributed by atoms with Crippen LogP contribution in [0.5, 0.6) is 0 Å². The monoisotopic (exact) mass is 666 g/mol. The van der Waals surface area contributed by atoms with Gasteiger partial charge in [0.05, 0.1) is 34.1 Å². The summed E-state index contributed by atoms with van der Waals surface area (Å²) in [5.74, 6) is 0.987. The van der Waals surface area contributed by atoms with E-state index in [-0.39, 0.29) is 0 Å². The van der Waals surface area contributed by atoms with Crippen LogP contribution < -0.4 is 16.0 Å². The average molecular weight is 667 g/mol. The summed E-state index contributed by atoms with van der Waals surface area (Å²) in [6.45, 7) is 0. The predicted molar refractivity (Wildman–Crippen MR) is 201 cm³/mol. The Kier molecular flexibility index (Phi) is 10.1. The number of nitrogens with one attached hydrogen (secondary N) is 3. The molecular weight excluding hydrogens is 637 g/mol. The zero-order chi connectivity index (χ0) is 34.5. The second kappa shape index (κ2) is 16.1. The van der Waals surface area contributed by atoms with Crippen LogP contribution in [-0.2, 0) is 0 Å². The minimum Gasteiger partial charge on any atom is -0.324 e. The van der Waals surface area contributed by atoms with E-state index in [1.165, 1.54) is 0 Å². The van der Waals surface area contributed by atoms with Crippen molar-refractivity contribution in [3.8, 4) is 0 Å². The molecule has 0 aliphatic rings. The van der Waals surface area contributed by atoms with Crippen LogP contribution in [0.15, 0.2) is 194 Å². The Morgan fingerprint density at radius 3 is 0.706 bits per heavy atom. The fourth-order valence-electron chi connectivity index (χ4n) is 4.60. The number of azo groups is 3. The van der Waals surface area contributed by atoms with Gasteiger partial charge in [-0.2, -0.15) is 45.6 Å². The van der Waals surface area contributed by atoms with Crippen LogP contribution in [-0.4, -0.2) is 15.0 Å². The molecule has 0 bridgehead atoms. The van der Waals surface area contributed by atoms with Gasteiger partial charge in [-0.25, -0.2) is 0 Å². The lowest BCUT2D eigenvalue weighted by molar-refractivity contribution is 1.06. The van der Waals surface area contributed by atoms with Crippen LogP contribution >= 0.6 is 0 Å². The summed E-state index contributed by atoms with van der Waals surface area (Å²) < 4.78 is 0. The summed E-state index contributed by atoms with van der Waals surface area (Å²) in [4.78, 5) is 13.9. The highest BCUT2D eigenvalue weighted by molar-refractivity contribution is 5.64. The topological polar surface area (TPSA) is 149 Å². The van der Waals surface area contributed by atoms with Crippen molar-refractivity contribution >= 4 is 69.0 Å². The number of benzene rings is 6. The quantitative estimate of drug-likeness (QED) is 0.110. The first-order valence-corrected chi connectivity index (χ1v) is 16.0. The molecule has 12 nitrogen and oxygen atoms in total. The summed E-state index contributed by atoms with van der Waals surface area (Å²) in [5, 5.41) is 35.6. The third-order valence-electron chi connectivity index (χ3n) is 7.12. The molecule has 0 fully saturated rings. The van der Waals surface area contributed by atoms with Gasteiger partial charge in [-0.1, -0.05) is 54.6 Å². The maximum Gasteiger partial charge on any atom is 0.233 e. The summed E-state index contributed by atoms with van der Waals surface area (Å²) in [6, 6.07) is 51.2. The van der Waals surface area contributed by atoms with Gasteiger partial charge in [0.25, 0.3) is 0 Å². The molecule has 0 amide bonds. The first-order chi connectivity index (χ1) is 25.2. The van der Waals surface area contributed by atoms with Gasteiger partial charge in [0.1, 0.15) is 0 Å². The molecule has 0 unspecified atom stereocenters. The van der Waals surface area contributed by atoms with E-state index in [9.17, 15) is 0 Å². The predicted octanol–water partition coefficient (Wildman–Crippen LogP) is 12.3. The van der Waals surface area contributed by atoms with Gasteiger partial charge in [-0.15, -0.1) is 0 Å². The molecular formula is C39H30N12. The SMILES string of the molecule is c1ccc(N=Nc2ccc(Nc3nc(Nc4ccc(N=Nc5ccccc5)cc4)nc(Nc4ccc(N=Nc5ccccc5)cc4)n3)cc2)cc1. The Hall–Kier alpha value is -7.47. The van der Waals surface area contributed by atoms with Crippen molar-refractivity contribution in [1.29, 1.82) is 0 Å². The van der Waals surface area contributed by atoms with Crippen molar-refractivity contribution in [1.82, 2.24) is 15.0 Å². The molecule has 12 heteroatoms. The second-order valence-corrected chi connectivity index (χ2v) is 10.9. The Balaban J connectivity index is 1.09. The number of aromatic nitrogens is 3. The standard InChI is InChI=1S/C39H30N12/c1-4-10-31(11-5-1)46-49-34-22-16-28(17-23-34)40-37-43-38(41-29-18-24-35(25-19-29)50-47-32-12-6-2-7-13-32)45-39(44-37)42-30-20-26-36(27-21-30)51-48-33-14-8-3-9-15-33/h1-27H,(H3,40,41,42,43,44,45). The second-order valence-electron chi connectivity index (χ2n) is 10.9. The average Bonchev–Trinajstić information content (AvgIpc) is 3.18. The summed E-state index contributed by atoms with van der Waals surface area (Å²) in [7, 11) is 0. The zero-order valence-corrected chi connectivity index (χ0v) is 27.1. The highest BCUT2D eigenvalue weighted by Gasteiger charge is 2.09. The molecule has 0 saturated carbocycles. The summed E-state index contributed by atoms with van der Waals surface area (Å²) in [6.07, 6.45) is 0. The fourth-order valence-corrected chi connectivity index (χ4v) is 4.60. The molecule has 0 radical (unpaired) electrons. The Labute approximate surface area is 293 Å². The largest absolute Gasteiger partial charge is 0.324 e. The van der Waals surface area contributed by atoms with Gasteiger partial charge >= 0.3 is 0 Å². The number of hydrogen-bond acceptors (Lipinski definition) is 12. The van der Waals surface area contributed by atoms with Crippen LogP contribution in [0.2, 0.25) is 0 Å². The lowest BCUT2D eigenvalue weighted by Crippen LogP contribution is -2.07. The van der Waals surface area contributed by atoms with Crippen molar-refractivity contribution in [3.63, 3.8) is 0 Å². The zero-order valence-electron chi connectivity index (χ0n) is 27.1. The molecule has 1 heterocycles. The van der Waals surface area contributed by atoms with Gasteiger partial charge in [-0.05, 0) is 109 Å². The Morgan fingerprint density at radius 1 is 0.255 bits per heavy atom. The van der Waals surface area contributed by atoms with E-state index >= 15 is 0 Å². The molecule has 246 valence electrons. The molecule has 3 N–H and O–H groups in total. The number of rotatable bonds is 12. The Morgan fingerprint density at radius 2 is 0.471 bits per heavy atom. The maximum atomic E-state index is 4.63. The van der Waals surface area contributed by atoms with Crippen molar-refractivity contribution in [2.75, 3.05) is 16.0 Å². The molecule has 0 saturated heterocycles. The van der Waals surface area contributed by atoms with Crippen LogP contribution in [0.25, 0.3) is 0 Å². The fraction of sp³-hybridized carbons (Fsp3) is 0. The van der Waals surface area contributed by atoms with Crippen LogP contribution in [0, 0.1) is 0 Å². The van der Waals surface area contributed by atoms with Gasteiger partial charge in [0.2, 0.25) is 17.8 Å². The number of hydrogen-bond donors (Lipinski definition) is 3. The first kappa shape index (κ1) is 32.1. The molecule has 0 aliphatic heterocycles. The molecule has 51 heavy (non-hydrogen) atoms. The van der Waals surface area contributed by atoms with Crippen molar-refractivity contribution in [2.45, 2.75) is 0 Å². The first-order valence-electron chi connectivity index (χ1n) is 16.0. The van der Waals surface area contributed by atoms with E-state index in [1.54, 1.807) is 0 Å². The maximum absolute atomic E-state index is 4.63. The molecule has 0 spiro atoms. The van der Waals surface area contributed by atoms with E-state index < -0.39 is 0 Å². The smallest absolute Gasteiger partial charge is 0.233 e. The van der Waals surface area contributed by atoms with Gasteiger partial charge in [0.15, 0.2) is 0 Å². The molecule has 6 aromatic carbocycles. The van der Waals surface area contributed by atoms with E-state index in [2.05, 4.69) is 61.6 Å². The van der Waals surface area contributed by atoms with Gasteiger partial charge in [-0.3, -0.25) is 0 Å². The highest BCUT2D eigenvalue weighted by Crippen LogP contribution is 2.26. The minimum atomic E-state index is 0.329. The van der Waals surface area contributed by atoms with E-state index in [1.807, 2.05) is 164 Å². The lowest BCUT2D eigenvalue weighted by Gasteiger charge is -2.12. The summed E-state index contributed by atoms with van der Waals surface area (Å²) in [5.41, 5.74) is 6.76. The molecule has 0 atom stereocenters. The molecule has 1 aromatic heterocycles. The van der Waals surface area contributed by atoms with Crippen molar-refractivity contribution < 1.29 is 0 Å². The van der Waals surface area contributed by atoms with Gasteiger partial charge in [0, 0.05) is 17.1 Å². The van der Waals surface area contributed by atoms with Gasteiger partial charge < -0.3 is 16.0 Å². The minimum absolute atomic E-state index is 0.329. The van der Waals surface area contributed by atoms with E-state index in [4.69, 9.17) is 0 Å². The van der Waals surface area contributed by atoms with Crippen LogP contribution in [0.4, 0.5) is 69.0 Å². The third kappa shape index (κ3) is 9.55. The number of nitrogens with zero attached hydrogens (tertiary/aromatic N) is 9. The van der Waals surface area contributed by atoms with Crippen molar-refractivity contribution in [3.05, 3.63) is 164 Å². The van der Waals surface area contributed by atoms with E-state index in [0.29, 0.717) is 34.9 Å². The highest BCUT2D eigenvalue weighted by atomic mass is 15.3. The molecule has 0 aliphatic carbocycles.